The molecule has 6 aromatic rings. The lowest BCUT2D eigenvalue weighted by molar-refractivity contribution is 0.277. The molecule has 1 N–H and O–H groups in total. The molecule has 4 aromatic heterocycles. The van der Waals surface area contributed by atoms with Crippen molar-refractivity contribution in [2.24, 2.45) is 14.1 Å². The van der Waals surface area contributed by atoms with Gasteiger partial charge in [0.05, 0.1) is 18.8 Å². The van der Waals surface area contributed by atoms with Crippen LogP contribution in [0.3, 0.4) is 0 Å². The molecule has 0 unspecified atom stereocenters. The molecular formula is C39H52Cl2N8O7S2. The van der Waals surface area contributed by atoms with Gasteiger partial charge in [-0.3, -0.25) is 27.9 Å². The lowest BCUT2D eigenvalue weighted by atomic mass is 10.2. The van der Waals surface area contributed by atoms with Crippen LogP contribution in [-0.4, -0.2) is 69.0 Å². The van der Waals surface area contributed by atoms with Gasteiger partial charge < -0.3 is 14.2 Å². The van der Waals surface area contributed by atoms with Crippen LogP contribution >= 0.6 is 35.0 Å². The highest BCUT2D eigenvalue weighted by Gasteiger charge is 2.27. The summed E-state index contributed by atoms with van der Waals surface area (Å²) >= 11 is 13.5. The maximum absolute atomic E-state index is 13.1. The summed E-state index contributed by atoms with van der Waals surface area (Å²) in [5, 5.41) is 10.7. The summed E-state index contributed by atoms with van der Waals surface area (Å²) < 4.78 is 33.5. The van der Waals surface area contributed by atoms with Crippen LogP contribution in [0.15, 0.2) is 78.0 Å². The maximum atomic E-state index is 13.1. The van der Waals surface area contributed by atoms with Crippen molar-refractivity contribution in [3.63, 3.8) is 0 Å². The maximum Gasteiger partial charge on any atom is 0.332 e. The minimum atomic E-state index is -3.77. The van der Waals surface area contributed by atoms with Crippen LogP contribution in [0.25, 0.3) is 22.3 Å². The highest BCUT2D eigenvalue weighted by Crippen LogP contribution is 2.24. The molecule has 0 aliphatic rings. The molecule has 0 aliphatic carbocycles. The zero-order valence-electron chi connectivity index (χ0n) is 31.7. The number of sulfone groups is 1. The first-order chi connectivity index (χ1) is 26.7. The molecule has 316 valence electrons. The quantitative estimate of drug-likeness (QED) is 0.136. The van der Waals surface area contributed by atoms with E-state index < -0.39 is 21.1 Å². The fourth-order valence-corrected chi connectivity index (χ4v) is 8.03. The van der Waals surface area contributed by atoms with Crippen molar-refractivity contribution < 1.29 is 13.5 Å². The standard InChI is InChI=1S/C19H23ClN4O2S.C18H21ClN4O5S.2CH4/c1-4-6-11-23-17(25)15-16(22(3)19(23)26)21-18(27-5-2)24(15)12-13-7-9-14(20)10-8-13;1-3-29(27,28)17-20-15-14(23(17)11-12-5-7-13(19)8-6-12)16(25)22(9-4-10-24)18(26)21(15)2;;/h7-10H,4-6,11-12H2,1-3H3;5-8,24H,3-4,9-11H2,1-2H3;2*1H4. The molecule has 0 amide bonds. The lowest BCUT2D eigenvalue weighted by Gasteiger charge is -2.11. The van der Waals surface area contributed by atoms with E-state index in [1.807, 2.05) is 42.7 Å². The van der Waals surface area contributed by atoms with E-state index in [4.69, 9.17) is 28.3 Å². The molecular weight excluding hydrogens is 828 g/mol. The van der Waals surface area contributed by atoms with Crippen LogP contribution in [0.5, 0.6) is 0 Å². The molecule has 15 nitrogen and oxygen atoms in total. The smallest absolute Gasteiger partial charge is 0.332 e. The molecule has 0 radical (unpaired) electrons. The number of unbranched alkanes of at least 4 members (excludes halogenated alkanes) is 1. The molecule has 4 heterocycles. The van der Waals surface area contributed by atoms with E-state index in [9.17, 15) is 27.6 Å². The van der Waals surface area contributed by atoms with Gasteiger partial charge in [0.1, 0.15) is 0 Å². The minimum Gasteiger partial charge on any atom is -0.396 e. The van der Waals surface area contributed by atoms with Crippen LogP contribution < -0.4 is 22.5 Å². The van der Waals surface area contributed by atoms with Crippen LogP contribution in [-0.2, 0) is 50.1 Å². The van der Waals surface area contributed by atoms with Gasteiger partial charge in [0.2, 0.25) is 15.0 Å². The molecule has 58 heavy (non-hydrogen) atoms. The van der Waals surface area contributed by atoms with Gasteiger partial charge in [0.25, 0.3) is 11.1 Å². The second-order valence-corrected chi connectivity index (χ2v) is 17.2. The number of benzene rings is 2. The van der Waals surface area contributed by atoms with Gasteiger partial charge in [-0.05, 0) is 54.0 Å². The van der Waals surface area contributed by atoms with Crippen LogP contribution in [0.4, 0.5) is 0 Å². The van der Waals surface area contributed by atoms with Gasteiger partial charge in [-0.2, -0.15) is 4.98 Å². The molecule has 0 bridgehead atoms. The number of fused-ring (bicyclic) bond motifs is 2. The van der Waals surface area contributed by atoms with Gasteiger partial charge in [0, 0.05) is 43.8 Å². The van der Waals surface area contributed by atoms with E-state index in [0.717, 1.165) is 44.0 Å². The SMILES string of the molecule is C.C.CCCCn1c(=O)c2c(nc(SCC)n2Cc2ccc(Cl)cc2)n(C)c1=O.CCS(=O)(=O)c1nc2c(c(=O)n(CCCO)c(=O)n2C)n1Cc1ccc(Cl)cc1. The molecule has 2 aromatic carbocycles. The first kappa shape index (κ1) is 48.0. The first-order valence-corrected chi connectivity index (χ1v) is 21.4. The predicted molar refractivity (Wildman–Crippen MR) is 234 cm³/mol. The van der Waals surface area contributed by atoms with Crippen molar-refractivity contribution in [1.82, 2.24) is 37.4 Å². The van der Waals surface area contributed by atoms with Gasteiger partial charge in [0.15, 0.2) is 27.5 Å². The summed E-state index contributed by atoms with van der Waals surface area (Å²) in [7, 11) is -0.668. The zero-order chi connectivity index (χ0) is 40.9. The van der Waals surface area contributed by atoms with Crippen LogP contribution in [0, 0.1) is 0 Å². The van der Waals surface area contributed by atoms with Crippen molar-refractivity contribution in [2.45, 2.75) is 91.4 Å². The zero-order valence-corrected chi connectivity index (χ0v) is 34.9. The molecule has 0 aliphatic heterocycles. The normalized spacial score (nSPS) is 11.3. The molecule has 0 saturated carbocycles. The highest BCUT2D eigenvalue weighted by atomic mass is 35.5. The molecule has 0 fully saturated rings. The molecule has 0 atom stereocenters. The predicted octanol–water partition coefficient (Wildman–Crippen LogP) is 5.56. The fourth-order valence-electron chi connectivity index (χ4n) is 6.09. The minimum absolute atomic E-state index is 0. The second-order valence-electron chi connectivity index (χ2n) is 12.9. The Labute approximate surface area is 351 Å². The Morgan fingerprint density at radius 2 is 1.12 bits per heavy atom. The molecule has 0 spiro atoms. The third-order valence-electron chi connectivity index (χ3n) is 9.11. The Morgan fingerprint density at radius 3 is 1.57 bits per heavy atom. The van der Waals surface area contributed by atoms with Gasteiger partial charge in [-0.15, -0.1) is 0 Å². The van der Waals surface area contributed by atoms with E-state index in [-0.39, 0.29) is 74.3 Å². The number of imidazole rings is 2. The van der Waals surface area contributed by atoms with Crippen molar-refractivity contribution in [3.05, 3.63) is 111 Å². The molecule has 19 heteroatoms. The number of halogens is 2. The van der Waals surface area contributed by atoms with E-state index >= 15 is 0 Å². The van der Waals surface area contributed by atoms with E-state index in [1.54, 1.807) is 43.1 Å². The Morgan fingerprint density at radius 1 is 0.672 bits per heavy atom. The summed E-state index contributed by atoms with van der Waals surface area (Å²) in [6.45, 7) is 6.37. The number of aliphatic hydroxyl groups is 1. The van der Waals surface area contributed by atoms with Crippen molar-refractivity contribution in [3.8, 4) is 0 Å². The number of aromatic nitrogens is 8. The summed E-state index contributed by atoms with van der Waals surface area (Å²) in [6.07, 6.45) is 1.91. The average molecular weight is 880 g/mol. The monoisotopic (exact) mass is 878 g/mol. The van der Waals surface area contributed by atoms with Crippen molar-refractivity contribution in [1.29, 1.82) is 0 Å². The second kappa shape index (κ2) is 20.5. The Bertz CT molecular complexity index is 2710. The lowest BCUT2D eigenvalue weighted by Crippen LogP contribution is -2.40. The molecule has 0 saturated heterocycles. The Kier molecular flexibility index (Phi) is 17.0. The average Bonchev–Trinajstić information content (AvgIpc) is 3.74. The first-order valence-electron chi connectivity index (χ1n) is 18.0. The summed E-state index contributed by atoms with van der Waals surface area (Å²) in [6, 6.07) is 14.3. The number of aliphatic hydroxyl groups excluding tert-OH is 1. The largest absolute Gasteiger partial charge is 0.396 e. The van der Waals surface area contributed by atoms with Crippen LogP contribution in [0.2, 0.25) is 10.0 Å². The van der Waals surface area contributed by atoms with E-state index in [2.05, 4.69) is 9.97 Å². The van der Waals surface area contributed by atoms with E-state index in [0.29, 0.717) is 34.3 Å². The highest BCUT2D eigenvalue weighted by molar-refractivity contribution is 7.99. The number of aryl methyl sites for hydroxylation is 2. The number of hydrogen-bond acceptors (Lipinski definition) is 10. The van der Waals surface area contributed by atoms with Crippen LogP contribution in [0.1, 0.15) is 66.0 Å². The number of thioether (sulfide) groups is 1. The summed E-state index contributed by atoms with van der Waals surface area (Å²) in [5.41, 5.74) is 0.815. The van der Waals surface area contributed by atoms with Gasteiger partial charge in [-0.25, -0.2) is 23.0 Å². The van der Waals surface area contributed by atoms with Gasteiger partial charge >= 0.3 is 11.4 Å². The summed E-state index contributed by atoms with van der Waals surface area (Å²) in [5.74, 6) is 0.617. The molecule has 6 rings (SSSR count). The fraction of sp³-hybridized carbons (Fsp3) is 0.436. The third kappa shape index (κ3) is 9.88. The number of hydrogen-bond donors (Lipinski definition) is 1. The number of nitrogens with zero attached hydrogens (tertiary/aromatic N) is 8. The number of rotatable bonds is 14. The topological polar surface area (TPSA) is 178 Å². The Hall–Kier alpha value is -4.42. The third-order valence-corrected chi connectivity index (χ3v) is 12.1. The summed E-state index contributed by atoms with van der Waals surface area (Å²) in [4.78, 5) is 60.2. The van der Waals surface area contributed by atoms with Crippen molar-refractivity contribution >= 4 is 67.1 Å². The van der Waals surface area contributed by atoms with Gasteiger partial charge in [-0.1, -0.05) is 101 Å². The Balaban J connectivity index is 0.000000301. The van der Waals surface area contributed by atoms with Crippen molar-refractivity contribution in [2.75, 3.05) is 18.1 Å². The van der Waals surface area contributed by atoms with E-state index in [1.165, 1.54) is 27.7 Å².